The standard InChI is InChI=1S/C26H33N3O4/c1-3-33-26(32)23-17(2)27-22(19(23)9-7-14-29-12-4-5-13-29)16-20-24-18(11-15-30)8-6-10-21(24)28-25(20)31/h6,8,10,16,27,30H,3-5,7,9,11-15H2,1-2H3,(H,28,31). The molecule has 2 aromatic rings. The molecule has 1 aromatic carbocycles. The van der Waals surface area contributed by atoms with Crippen LogP contribution in [-0.2, 0) is 22.4 Å². The van der Waals surface area contributed by atoms with Crippen molar-refractivity contribution < 1.29 is 19.4 Å². The first kappa shape index (κ1) is 23.3. The molecule has 1 aromatic heterocycles. The molecule has 7 nitrogen and oxygen atoms in total. The molecule has 4 rings (SSSR count). The van der Waals surface area contributed by atoms with Gasteiger partial charge < -0.3 is 25.0 Å². The number of aromatic amines is 1. The van der Waals surface area contributed by atoms with Crippen LogP contribution in [0.1, 0.15) is 64.6 Å². The Morgan fingerprint density at radius 3 is 2.76 bits per heavy atom. The summed E-state index contributed by atoms with van der Waals surface area (Å²) < 4.78 is 5.34. The Morgan fingerprint density at radius 1 is 1.24 bits per heavy atom. The maximum atomic E-state index is 12.9. The molecule has 2 aliphatic rings. The largest absolute Gasteiger partial charge is 0.462 e. The highest BCUT2D eigenvalue weighted by atomic mass is 16.5. The van der Waals surface area contributed by atoms with Crippen LogP contribution in [0.3, 0.4) is 0 Å². The zero-order chi connectivity index (χ0) is 23.4. The number of aliphatic hydroxyl groups excluding tert-OH is 1. The van der Waals surface area contributed by atoms with Crippen LogP contribution in [0.2, 0.25) is 0 Å². The van der Waals surface area contributed by atoms with Gasteiger partial charge in [0.25, 0.3) is 5.91 Å². The Morgan fingerprint density at radius 2 is 2.03 bits per heavy atom. The number of hydrogen-bond acceptors (Lipinski definition) is 5. The van der Waals surface area contributed by atoms with Crippen molar-refractivity contribution in [2.24, 2.45) is 0 Å². The van der Waals surface area contributed by atoms with Crippen molar-refractivity contribution in [1.82, 2.24) is 9.88 Å². The number of benzene rings is 1. The molecule has 0 spiro atoms. The Bertz CT molecular complexity index is 1060. The number of carbonyl (C=O) groups is 2. The number of H-pyrrole nitrogens is 1. The van der Waals surface area contributed by atoms with Crippen LogP contribution in [0, 0.1) is 6.92 Å². The van der Waals surface area contributed by atoms with E-state index in [-0.39, 0.29) is 18.5 Å². The summed E-state index contributed by atoms with van der Waals surface area (Å²) in [6.07, 6.45) is 6.47. The summed E-state index contributed by atoms with van der Waals surface area (Å²) in [5, 5.41) is 12.4. The van der Waals surface area contributed by atoms with Gasteiger partial charge in [-0.1, -0.05) is 12.1 Å². The molecule has 2 aliphatic heterocycles. The molecule has 176 valence electrons. The molecule has 1 saturated heterocycles. The number of aromatic nitrogens is 1. The normalized spacial score (nSPS) is 16.9. The maximum absolute atomic E-state index is 12.9. The molecule has 0 bridgehead atoms. The van der Waals surface area contributed by atoms with Gasteiger partial charge in [-0.15, -0.1) is 0 Å². The first-order valence-electron chi connectivity index (χ1n) is 11.9. The highest BCUT2D eigenvalue weighted by Crippen LogP contribution is 2.37. The van der Waals surface area contributed by atoms with Gasteiger partial charge in [0.1, 0.15) is 0 Å². The molecular weight excluding hydrogens is 418 g/mol. The molecule has 3 heterocycles. The number of aryl methyl sites for hydroxylation is 1. The molecule has 0 saturated carbocycles. The molecule has 0 radical (unpaired) electrons. The molecular formula is C26H33N3O4. The highest BCUT2D eigenvalue weighted by Gasteiger charge is 2.28. The second-order valence-electron chi connectivity index (χ2n) is 8.72. The number of nitrogens with zero attached hydrogens (tertiary/aromatic N) is 1. The summed E-state index contributed by atoms with van der Waals surface area (Å²) >= 11 is 0. The lowest BCUT2D eigenvalue weighted by Gasteiger charge is -2.14. The number of amides is 1. The summed E-state index contributed by atoms with van der Waals surface area (Å²) in [5.74, 6) is -0.507. The number of fused-ring (bicyclic) bond motifs is 1. The zero-order valence-corrected chi connectivity index (χ0v) is 19.5. The molecule has 0 unspecified atom stereocenters. The number of nitrogens with one attached hydrogen (secondary N) is 2. The van der Waals surface area contributed by atoms with E-state index in [1.807, 2.05) is 31.2 Å². The number of esters is 1. The average molecular weight is 452 g/mol. The summed E-state index contributed by atoms with van der Waals surface area (Å²) in [6, 6.07) is 5.69. The fourth-order valence-electron chi connectivity index (χ4n) is 4.99. The van der Waals surface area contributed by atoms with Gasteiger partial charge in [-0.05, 0) is 88.9 Å². The zero-order valence-electron chi connectivity index (χ0n) is 19.5. The molecule has 1 amide bonds. The lowest BCUT2D eigenvalue weighted by molar-refractivity contribution is -0.110. The minimum absolute atomic E-state index is 0.00822. The van der Waals surface area contributed by atoms with Gasteiger partial charge in [0.2, 0.25) is 0 Å². The molecule has 7 heteroatoms. The van der Waals surface area contributed by atoms with Crippen LogP contribution in [0.15, 0.2) is 18.2 Å². The van der Waals surface area contributed by atoms with Crippen molar-refractivity contribution in [2.45, 2.75) is 46.0 Å². The minimum atomic E-state index is -0.329. The molecule has 3 N–H and O–H groups in total. The van der Waals surface area contributed by atoms with Crippen molar-refractivity contribution in [1.29, 1.82) is 0 Å². The van der Waals surface area contributed by atoms with Crippen molar-refractivity contribution >= 4 is 29.2 Å². The predicted molar refractivity (Wildman–Crippen MR) is 129 cm³/mol. The smallest absolute Gasteiger partial charge is 0.340 e. The predicted octanol–water partition coefficient (Wildman–Crippen LogP) is 3.56. The van der Waals surface area contributed by atoms with E-state index in [2.05, 4.69) is 15.2 Å². The van der Waals surface area contributed by atoms with E-state index in [0.717, 1.165) is 66.2 Å². The molecule has 33 heavy (non-hydrogen) atoms. The van der Waals surface area contributed by atoms with E-state index in [1.54, 1.807) is 6.92 Å². The van der Waals surface area contributed by atoms with Gasteiger partial charge in [-0.2, -0.15) is 0 Å². The summed E-state index contributed by atoms with van der Waals surface area (Å²) in [6.45, 7) is 7.27. The fraction of sp³-hybridized carbons (Fsp3) is 0.462. The van der Waals surface area contributed by atoms with Crippen molar-refractivity contribution in [2.75, 3.05) is 38.2 Å². The number of anilines is 1. The topological polar surface area (TPSA) is 94.7 Å². The Balaban J connectivity index is 1.71. The van der Waals surface area contributed by atoms with Gasteiger partial charge in [-0.3, -0.25) is 4.79 Å². The van der Waals surface area contributed by atoms with Crippen LogP contribution in [-0.4, -0.2) is 59.7 Å². The summed E-state index contributed by atoms with van der Waals surface area (Å²) in [5.41, 5.74) is 6.04. The number of aliphatic hydroxyl groups is 1. The van der Waals surface area contributed by atoms with E-state index in [9.17, 15) is 14.7 Å². The monoisotopic (exact) mass is 451 g/mol. The Labute approximate surface area is 194 Å². The summed E-state index contributed by atoms with van der Waals surface area (Å²) in [4.78, 5) is 31.4. The highest BCUT2D eigenvalue weighted by molar-refractivity contribution is 6.35. The van der Waals surface area contributed by atoms with Gasteiger partial charge >= 0.3 is 5.97 Å². The van der Waals surface area contributed by atoms with E-state index < -0.39 is 0 Å². The van der Waals surface area contributed by atoms with Crippen molar-refractivity contribution in [3.8, 4) is 0 Å². The molecule has 0 aliphatic carbocycles. The van der Waals surface area contributed by atoms with Crippen LogP contribution in [0.25, 0.3) is 11.6 Å². The van der Waals surface area contributed by atoms with Crippen LogP contribution in [0.5, 0.6) is 0 Å². The second-order valence-corrected chi connectivity index (χ2v) is 8.72. The molecule has 0 atom stereocenters. The Hall–Kier alpha value is -2.90. The SMILES string of the molecule is CCOC(=O)c1c(C)[nH]c(C=C2C(=O)Nc3cccc(CCO)c32)c1CCCN1CCCC1. The maximum Gasteiger partial charge on any atom is 0.340 e. The lowest BCUT2D eigenvalue weighted by Crippen LogP contribution is -2.21. The minimum Gasteiger partial charge on any atom is -0.462 e. The molecule has 1 fully saturated rings. The van der Waals surface area contributed by atoms with E-state index in [4.69, 9.17) is 4.74 Å². The third-order valence-electron chi connectivity index (χ3n) is 6.49. The van der Waals surface area contributed by atoms with Crippen LogP contribution in [0.4, 0.5) is 5.69 Å². The number of ether oxygens (including phenoxy) is 1. The average Bonchev–Trinajstić information content (AvgIpc) is 3.48. The lowest BCUT2D eigenvalue weighted by atomic mass is 9.96. The summed E-state index contributed by atoms with van der Waals surface area (Å²) in [7, 11) is 0. The number of rotatable bonds is 9. The first-order valence-corrected chi connectivity index (χ1v) is 11.9. The van der Waals surface area contributed by atoms with E-state index in [0.29, 0.717) is 24.2 Å². The number of likely N-dealkylation sites (tertiary alicyclic amines) is 1. The van der Waals surface area contributed by atoms with Gasteiger partial charge in [0.05, 0.1) is 17.7 Å². The van der Waals surface area contributed by atoms with E-state index >= 15 is 0 Å². The second kappa shape index (κ2) is 10.4. The van der Waals surface area contributed by atoms with Gasteiger partial charge in [-0.25, -0.2) is 4.79 Å². The quantitative estimate of drug-likeness (QED) is 0.400. The van der Waals surface area contributed by atoms with E-state index in [1.165, 1.54) is 12.8 Å². The third kappa shape index (κ3) is 4.89. The van der Waals surface area contributed by atoms with Crippen molar-refractivity contribution in [3.63, 3.8) is 0 Å². The van der Waals surface area contributed by atoms with Crippen LogP contribution < -0.4 is 5.32 Å². The fourth-order valence-corrected chi connectivity index (χ4v) is 4.99. The number of hydrogen-bond donors (Lipinski definition) is 3. The van der Waals surface area contributed by atoms with Gasteiger partial charge in [0.15, 0.2) is 0 Å². The number of carbonyl (C=O) groups excluding carboxylic acids is 2. The Kier molecular flexibility index (Phi) is 7.30. The third-order valence-corrected chi connectivity index (χ3v) is 6.49. The van der Waals surface area contributed by atoms with Crippen LogP contribution >= 0.6 is 0 Å². The first-order chi connectivity index (χ1) is 16.0. The van der Waals surface area contributed by atoms with Gasteiger partial charge in [0, 0.05) is 29.2 Å². The van der Waals surface area contributed by atoms with Crippen molar-refractivity contribution in [3.05, 3.63) is 51.8 Å².